The number of carbonyl (C=O) groups is 1. The monoisotopic (exact) mass is 351 g/mol. The van der Waals surface area contributed by atoms with Crippen molar-refractivity contribution in [3.8, 4) is 5.75 Å². The Morgan fingerprint density at radius 1 is 1.28 bits per heavy atom. The summed E-state index contributed by atoms with van der Waals surface area (Å²) in [6.07, 6.45) is 5.22. The number of carbonyl (C=O) groups excluding carboxylic acids is 1. The van der Waals surface area contributed by atoms with Crippen molar-refractivity contribution in [3.05, 3.63) is 69.4 Å². The van der Waals surface area contributed by atoms with E-state index in [-0.39, 0.29) is 5.78 Å². The molecule has 0 N–H and O–H groups in total. The van der Waals surface area contributed by atoms with Crippen LogP contribution in [-0.2, 0) is 20.1 Å². The van der Waals surface area contributed by atoms with Gasteiger partial charge >= 0.3 is 0 Å². The lowest BCUT2D eigenvalue weighted by Crippen LogP contribution is -2.14. The number of aryl methyl sites for hydroxylation is 1. The van der Waals surface area contributed by atoms with Crippen molar-refractivity contribution >= 4 is 23.2 Å². The molecule has 1 aromatic carbocycles. The fraction of sp³-hybridized carbons (Fsp3) is 0.211. The smallest absolute Gasteiger partial charge is 0.192 e. The van der Waals surface area contributed by atoms with E-state index in [1.165, 1.54) is 0 Å². The second-order valence-corrected chi connectivity index (χ2v) is 6.68. The fourth-order valence-electron chi connectivity index (χ4n) is 2.95. The van der Waals surface area contributed by atoms with Crippen molar-refractivity contribution in [2.75, 3.05) is 0 Å². The predicted molar refractivity (Wildman–Crippen MR) is 96.7 cm³/mol. The number of Topliss-reactive ketones (excluding diaryl/α,β-unsaturated/α-hetero) is 1. The van der Waals surface area contributed by atoms with Crippen molar-refractivity contribution in [2.24, 2.45) is 7.05 Å². The maximum absolute atomic E-state index is 12.6. The zero-order valence-corrected chi connectivity index (χ0v) is 14.6. The van der Waals surface area contributed by atoms with E-state index in [9.17, 15) is 4.79 Å². The molecule has 4 rings (SSSR count). The van der Waals surface area contributed by atoms with Crippen molar-refractivity contribution in [2.45, 2.75) is 19.4 Å². The van der Waals surface area contributed by atoms with E-state index in [4.69, 9.17) is 4.74 Å². The van der Waals surface area contributed by atoms with Gasteiger partial charge in [0.05, 0.1) is 23.0 Å². The predicted octanol–water partition coefficient (Wildman–Crippen LogP) is 3.67. The number of allylic oxidation sites excluding steroid dienone is 1. The van der Waals surface area contributed by atoms with Crippen LogP contribution in [0.15, 0.2) is 46.9 Å². The van der Waals surface area contributed by atoms with E-state index in [0.29, 0.717) is 6.61 Å². The van der Waals surface area contributed by atoms with Gasteiger partial charge < -0.3 is 4.74 Å². The number of nitrogens with zero attached hydrogens (tertiary/aromatic N) is 3. The highest BCUT2D eigenvalue weighted by molar-refractivity contribution is 7.07. The lowest BCUT2D eigenvalue weighted by Gasteiger charge is -2.14. The van der Waals surface area contributed by atoms with Crippen LogP contribution in [0.2, 0.25) is 0 Å². The molecule has 0 saturated carbocycles. The van der Waals surface area contributed by atoms with Crippen LogP contribution in [0.1, 0.15) is 33.7 Å². The van der Waals surface area contributed by atoms with Crippen LogP contribution in [0, 0.1) is 0 Å². The molecule has 0 bridgehead atoms. The summed E-state index contributed by atoms with van der Waals surface area (Å²) in [6.45, 7) is 0.464. The fourth-order valence-corrected chi connectivity index (χ4v) is 3.50. The van der Waals surface area contributed by atoms with E-state index in [1.54, 1.807) is 27.7 Å². The molecule has 0 saturated heterocycles. The van der Waals surface area contributed by atoms with Crippen LogP contribution < -0.4 is 4.74 Å². The standard InChI is InChI=1S/C19H17N3O2S/c1-22-18-7-4-14(19(23)17(18)9-21-22)8-13-2-5-16(6-3-13)24-10-15-11-25-12-20-15/h2-3,5-6,8-9,11-12H,4,7,10H2,1H3/b14-8-. The number of fused-ring (bicyclic) bond motifs is 1. The maximum Gasteiger partial charge on any atom is 0.192 e. The molecule has 1 aliphatic rings. The molecule has 126 valence electrons. The van der Waals surface area contributed by atoms with E-state index in [1.807, 2.05) is 42.8 Å². The van der Waals surface area contributed by atoms with Gasteiger partial charge in [0.1, 0.15) is 12.4 Å². The number of hydrogen-bond acceptors (Lipinski definition) is 5. The molecule has 0 radical (unpaired) electrons. The highest BCUT2D eigenvalue weighted by atomic mass is 32.1. The van der Waals surface area contributed by atoms with Crippen LogP contribution in [0.3, 0.4) is 0 Å². The van der Waals surface area contributed by atoms with Gasteiger partial charge in [0.25, 0.3) is 0 Å². The topological polar surface area (TPSA) is 57.0 Å². The van der Waals surface area contributed by atoms with Gasteiger partial charge in [-0.15, -0.1) is 11.3 Å². The van der Waals surface area contributed by atoms with Gasteiger partial charge in [0.2, 0.25) is 0 Å². The zero-order chi connectivity index (χ0) is 17.2. The summed E-state index contributed by atoms with van der Waals surface area (Å²) in [5.74, 6) is 0.873. The first-order valence-electron chi connectivity index (χ1n) is 8.07. The molecule has 1 aliphatic carbocycles. The molecule has 6 heteroatoms. The van der Waals surface area contributed by atoms with Gasteiger partial charge in [-0.2, -0.15) is 5.10 Å². The van der Waals surface area contributed by atoms with Crippen molar-refractivity contribution < 1.29 is 9.53 Å². The van der Waals surface area contributed by atoms with Crippen LogP contribution in [0.5, 0.6) is 5.75 Å². The number of rotatable bonds is 4. The number of thiazole rings is 1. The van der Waals surface area contributed by atoms with Gasteiger partial charge in [-0.1, -0.05) is 12.1 Å². The minimum atomic E-state index is 0.0817. The molecule has 3 aromatic rings. The SMILES string of the molecule is Cn1ncc2c1CC/C(=C/c1ccc(OCc3cscn3)cc1)C2=O. The van der Waals surface area contributed by atoms with Crippen molar-refractivity contribution in [1.29, 1.82) is 0 Å². The van der Waals surface area contributed by atoms with E-state index >= 15 is 0 Å². The largest absolute Gasteiger partial charge is 0.487 e. The van der Waals surface area contributed by atoms with Gasteiger partial charge in [0.15, 0.2) is 5.78 Å². The minimum absolute atomic E-state index is 0.0817. The normalized spacial score (nSPS) is 15.4. The first-order valence-corrected chi connectivity index (χ1v) is 9.01. The molecule has 0 amide bonds. The Morgan fingerprint density at radius 2 is 2.12 bits per heavy atom. The highest BCUT2D eigenvalue weighted by Gasteiger charge is 2.24. The quantitative estimate of drug-likeness (QED) is 0.673. The third kappa shape index (κ3) is 3.25. The van der Waals surface area contributed by atoms with Crippen molar-refractivity contribution in [1.82, 2.24) is 14.8 Å². The Kier molecular flexibility index (Phi) is 4.19. The summed E-state index contributed by atoms with van der Waals surface area (Å²) in [7, 11) is 1.88. The molecule has 0 atom stereocenters. The van der Waals surface area contributed by atoms with Crippen LogP contribution in [0.4, 0.5) is 0 Å². The number of hydrogen-bond donors (Lipinski definition) is 0. The molecule has 0 unspecified atom stereocenters. The Hall–Kier alpha value is -2.73. The Labute approximate surface area is 149 Å². The Bertz CT molecular complexity index is 924. The highest BCUT2D eigenvalue weighted by Crippen LogP contribution is 2.26. The molecule has 0 spiro atoms. The third-order valence-electron chi connectivity index (χ3n) is 4.32. The van der Waals surface area contributed by atoms with Gasteiger partial charge in [-0.05, 0) is 36.6 Å². The van der Waals surface area contributed by atoms with E-state index in [2.05, 4.69) is 10.1 Å². The first-order chi connectivity index (χ1) is 12.2. The summed E-state index contributed by atoms with van der Waals surface area (Å²) in [5, 5.41) is 6.16. The maximum atomic E-state index is 12.6. The summed E-state index contributed by atoms with van der Waals surface area (Å²) in [4.78, 5) is 16.8. The molecular weight excluding hydrogens is 334 g/mol. The van der Waals surface area contributed by atoms with Crippen LogP contribution in [-0.4, -0.2) is 20.5 Å². The molecule has 0 fully saturated rings. The third-order valence-corrected chi connectivity index (χ3v) is 4.96. The Morgan fingerprint density at radius 3 is 2.88 bits per heavy atom. The number of ether oxygens (including phenoxy) is 1. The number of benzene rings is 1. The lowest BCUT2D eigenvalue weighted by atomic mass is 9.90. The average Bonchev–Trinajstić information content (AvgIpc) is 3.27. The number of ketones is 1. The molecule has 2 heterocycles. The summed E-state index contributed by atoms with van der Waals surface area (Å²) >= 11 is 1.56. The van der Waals surface area contributed by atoms with Gasteiger partial charge in [-0.25, -0.2) is 4.98 Å². The molecule has 2 aromatic heterocycles. The minimum Gasteiger partial charge on any atom is -0.487 e. The first kappa shape index (κ1) is 15.8. The average molecular weight is 351 g/mol. The zero-order valence-electron chi connectivity index (χ0n) is 13.8. The second kappa shape index (κ2) is 6.64. The van der Waals surface area contributed by atoms with E-state index in [0.717, 1.165) is 46.7 Å². The molecule has 25 heavy (non-hydrogen) atoms. The molecular formula is C19H17N3O2S. The summed E-state index contributed by atoms with van der Waals surface area (Å²) in [6, 6.07) is 7.77. The summed E-state index contributed by atoms with van der Waals surface area (Å²) < 4.78 is 7.50. The second-order valence-electron chi connectivity index (χ2n) is 5.96. The van der Waals surface area contributed by atoms with Gasteiger partial charge in [-0.3, -0.25) is 9.48 Å². The Balaban J connectivity index is 1.47. The van der Waals surface area contributed by atoms with Crippen LogP contribution in [0.25, 0.3) is 6.08 Å². The lowest BCUT2D eigenvalue weighted by molar-refractivity contribution is 0.102. The molecule has 5 nitrogen and oxygen atoms in total. The van der Waals surface area contributed by atoms with E-state index < -0.39 is 0 Å². The van der Waals surface area contributed by atoms with Gasteiger partial charge in [0, 0.05) is 23.7 Å². The van der Waals surface area contributed by atoms with Crippen LogP contribution >= 0.6 is 11.3 Å². The summed E-state index contributed by atoms with van der Waals surface area (Å²) in [5.41, 5.74) is 6.30. The van der Waals surface area contributed by atoms with Crippen molar-refractivity contribution in [3.63, 3.8) is 0 Å². The molecule has 0 aliphatic heterocycles. The number of aromatic nitrogens is 3.